The summed E-state index contributed by atoms with van der Waals surface area (Å²) in [6, 6.07) is 30.7. The minimum Gasteiger partial charge on any atom is -0.870 e. The number of Topliss-reactive ketones (excluding diaryl/α,β-unsaturated/α-hetero) is 2. The number of pyridine rings is 2. The van der Waals surface area contributed by atoms with Gasteiger partial charge in [-0.2, -0.15) is 0 Å². The van der Waals surface area contributed by atoms with Crippen molar-refractivity contribution in [2.24, 2.45) is 22.7 Å². The summed E-state index contributed by atoms with van der Waals surface area (Å²) in [5, 5.41) is 42.0. The average Bonchev–Trinajstić information content (AvgIpc) is 1.56. The molecule has 15 rings (SSSR count). The number of nitrogens with zero attached hydrogens (tertiary/aromatic N) is 6. The number of ether oxygens (including phenoxy) is 5. The summed E-state index contributed by atoms with van der Waals surface area (Å²) in [6.07, 6.45) is 12.9. The molecular formula is C86H105BN8NaO19. The van der Waals surface area contributed by atoms with Crippen molar-refractivity contribution in [1.29, 1.82) is 0 Å². The topological polar surface area (TPSA) is 382 Å². The number of carbonyl (C=O) groups excluding carboxylic acids is 8. The van der Waals surface area contributed by atoms with Crippen molar-refractivity contribution in [2.45, 2.75) is 231 Å². The number of benzene rings is 4. The van der Waals surface area contributed by atoms with Crippen molar-refractivity contribution < 1.29 is 122 Å². The van der Waals surface area contributed by atoms with E-state index in [-0.39, 0.29) is 123 Å². The van der Waals surface area contributed by atoms with E-state index >= 15 is 0 Å². The summed E-state index contributed by atoms with van der Waals surface area (Å²) < 4.78 is 40.2. The van der Waals surface area contributed by atoms with Crippen molar-refractivity contribution in [1.82, 2.24) is 40.7 Å². The first-order valence-electron chi connectivity index (χ1n) is 39.4. The van der Waals surface area contributed by atoms with Gasteiger partial charge in [-0.3, -0.25) is 48.9 Å². The number of ketones is 2. The molecule has 27 nitrogen and oxygen atoms in total. The van der Waals surface area contributed by atoms with Crippen LogP contribution in [-0.2, 0) is 43.0 Å². The summed E-state index contributed by atoms with van der Waals surface area (Å²) in [5.74, 6) is -1.81. The predicted molar refractivity (Wildman–Crippen MR) is 424 cm³/mol. The van der Waals surface area contributed by atoms with Gasteiger partial charge in [-0.25, -0.2) is 9.97 Å². The van der Waals surface area contributed by atoms with Crippen LogP contribution in [0.1, 0.15) is 196 Å². The van der Waals surface area contributed by atoms with Crippen LogP contribution in [0.2, 0.25) is 0 Å². The minimum atomic E-state index is -1.09. The summed E-state index contributed by atoms with van der Waals surface area (Å²) in [5.41, 5.74) is -1.91. The largest absolute Gasteiger partial charge is 1.00 e. The first kappa shape index (κ1) is 89.9. The molecule has 4 aromatic carbocycles. The average molecular weight is 1590 g/mol. The molecular weight excluding hydrogens is 1480 g/mol. The number of amides is 4. The number of fused-ring (bicyclic) bond motifs is 10. The Kier molecular flexibility index (Phi) is 30.7. The van der Waals surface area contributed by atoms with Gasteiger partial charge in [0, 0.05) is 81.0 Å². The van der Waals surface area contributed by atoms with Gasteiger partial charge in [0.1, 0.15) is 47.0 Å². The van der Waals surface area contributed by atoms with E-state index in [1.807, 2.05) is 118 Å². The van der Waals surface area contributed by atoms with Crippen LogP contribution < -0.4 is 49.7 Å². The van der Waals surface area contributed by atoms with Gasteiger partial charge in [0.15, 0.2) is 23.0 Å². The molecule has 6 N–H and O–H groups in total. The van der Waals surface area contributed by atoms with E-state index in [2.05, 4.69) is 33.1 Å². The second kappa shape index (κ2) is 39.3. The minimum absolute atomic E-state index is 0. The fraction of sp³-hybridized carbons (Fsp3) is 0.512. The smallest absolute Gasteiger partial charge is 0.870 e. The number of aliphatic hydroxyl groups is 1. The number of para-hydroxylation sites is 2. The molecule has 3 radical (unpaired) electrons. The van der Waals surface area contributed by atoms with Crippen LogP contribution in [0.25, 0.3) is 43.4 Å². The maximum atomic E-state index is 14.6. The van der Waals surface area contributed by atoms with Gasteiger partial charge in [-0.05, 0) is 166 Å². The van der Waals surface area contributed by atoms with Crippen molar-refractivity contribution >= 4 is 98.9 Å². The maximum Gasteiger partial charge on any atom is 1.00 e. The van der Waals surface area contributed by atoms with Gasteiger partial charge in [-0.15, -0.1) is 0 Å². The Bertz CT molecular complexity index is 4780. The van der Waals surface area contributed by atoms with E-state index in [4.69, 9.17) is 53.2 Å². The van der Waals surface area contributed by atoms with E-state index in [0.29, 0.717) is 81.1 Å². The molecule has 7 aliphatic rings. The van der Waals surface area contributed by atoms with Gasteiger partial charge < -0.3 is 63.7 Å². The Morgan fingerprint density at radius 1 is 0.539 bits per heavy atom. The van der Waals surface area contributed by atoms with Crippen LogP contribution >= 0.6 is 0 Å². The molecule has 5 aliphatic heterocycles. The number of hydrogen-bond donors (Lipinski definition) is 5. The summed E-state index contributed by atoms with van der Waals surface area (Å²) in [6.45, 7) is 16.4. The zero-order chi connectivity index (χ0) is 79.7. The van der Waals surface area contributed by atoms with Gasteiger partial charge in [0.05, 0.1) is 53.1 Å². The fourth-order valence-electron chi connectivity index (χ4n) is 16.3. The first-order chi connectivity index (χ1) is 53.7. The number of nitrogens with one attached hydrogen (secondary N) is 2. The number of hydrogen-bond acceptors (Lipinski definition) is 23. The van der Waals surface area contributed by atoms with E-state index < -0.39 is 94.2 Å². The van der Waals surface area contributed by atoms with E-state index in [1.54, 1.807) is 39.5 Å². The van der Waals surface area contributed by atoms with Crippen LogP contribution in [0.5, 0.6) is 11.8 Å². The SMILES string of the molecule is C1CCOC1.Cc1cc(C(=O)N[C@H]2CCCCC/C=C\[C@@H]3C[C@@]3(C(=O)OC(C)(C)C)CC(=O)[C@@H]3C[C@@H](Oc4nc5ccccc5c5ccccc45)CN3C2=O)no1.Cc1cc(C(=O)N[C@H]2CCCCCC(O)C[C@@H]3C[C@@]3(C(=O)OC(C)(C)C)CC(=O)[C@@H]3C[C@@H](Oc4nc5ccccc5c5ccccc45)CN3C2=O)no1.OO.[B].[Na+].[OH-]. The normalized spacial score (nSPS) is 25.4. The van der Waals surface area contributed by atoms with Crippen molar-refractivity contribution in [3.05, 3.63) is 144 Å². The summed E-state index contributed by atoms with van der Waals surface area (Å²) >= 11 is 0. The molecule has 607 valence electrons. The van der Waals surface area contributed by atoms with Crippen LogP contribution in [0, 0.1) is 36.5 Å². The van der Waals surface area contributed by atoms with Gasteiger partial charge >= 0.3 is 41.5 Å². The third-order valence-corrected chi connectivity index (χ3v) is 22.1. The van der Waals surface area contributed by atoms with Crippen LogP contribution in [0.3, 0.4) is 0 Å². The van der Waals surface area contributed by atoms with E-state index in [9.17, 15) is 43.5 Å². The maximum absolute atomic E-state index is 14.6. The molecule has 2 saturated carbocycles. The molecule has 0 bridgehead atoms. The monoisotopic (exact) mass is 1590 g/mol. The second-order valence-corrected chi connectivity index (χ2v) is 32.8. The molecule has 6 fully saturated rings. The Hall–Kier alpha value is -9.00. The van der Waals surface area contributed by atoms with Crippen LogP contribution in [0.4, 0.5) is 0 Å². The molecule has 4 aromatic heterocycles. The Balaban J connectivity index is 0.000000237. The van der Waals surface area contributed by atoms with E-state index in [1.165, 1.54) is 29.9 Å². The molecule has 4 saturated heterocycles. The molecule has 29 heteroatoms. The molecule has 115 heavy (non-hydrogen) atoms. The van der Waals surface area contributed by atoms with Crippen LogP contribution in [-0.4, -0.2) is 187 Å². The summed E-state index contributed by atoms with van der Waals surface area (Å²) in [4.78, 5) is 125. The second-order valence-electron chi connectivity index (χ2n) is 32.8. The number of aromatic nitrogens is 4. The molecule has 2 aliphatic carbocycles. The van der Waals surface area contributed by atoms with Gasteiger partial charge in [-0.1, -0.05) is 127 Å². The number of esters is 2. The zero-order valence-corrected chi connectivity index (χ0v) is 69.2. The van der Waals surface area contributed by atoms with E-state index in [0.717, 1.165) is 82.2 Å². The van der Waals surface area contributed by atoms with Crippen molar-refractivity contribution in [3.63, 3.8) is 0 Å². The van der Waals surface area contributed by atoms with Gasteiger partial charge in [0.25, 0.3) is 11.8 Å². The zero-order valence-electron chi connectivity index (χ0n) is 67.2. The van der Waals surface area contributed by atoms with Crippen molar-refractivity contribution in [3.8, 4) is 11.8 Å². The summed E-state index contributed by atoms with van der Waals surface area (Å²) in [7, 11) is 0. The molecule has 11 atom stereocenters. The molecule has 0 spiro atoms. The molecule has 4 amide bonds. The van der Waals surface area contributed by atoms with Crippen molar-refractivity contribution in [2.75, 3.05) is 26.3 Å². The number of allylic oxidation sites excluding steroid dienone is 2. The quantitative estimate of drug-likeness (QED) is 0.0212. The molecule has 8 aromatic rings. The number of rotatable bonds is 10. The van der Waals surface area contributed by atoms with Gasteiger partial charge in [0.2, 0.25) is 23.6 Å². The number of aryl methyl sites for hydroxylation is 2. The predicted octanol–water partition coefficient (Wildman–Crippen LogP) is 9.77. The third kappa shape index (κ3) is 21.8. The Morgan fingerprint density at radius 3 is 1.39 bits per heavy atom. The molecule has 9 heterocycles. The van der Waals surface area contributed by atoms with Crippen LogP contribution in [0.15, 0.2) is 130 Å². The fourth-order valence-corrected chi connectivity index (χ4v) is 16.3. The standard InChI is InChI=1S/C41H48N4O8.C41H46N4O7.C4H8O.B.Na.H2O2.H2O/c1-24-18-33(44-53-24)36(48)42-32-17-7-5-6-12-26(46)19-25-21-41(25,39(50)52-40(2,3)4)22-35(47)34-20-27(23-45(34)38(32)49)51-37-30-15-9-8-13-28(30)29-14-10-11-16-31(29)43-37;1-25-20-33(44-52-25)36(47)42-32-19-9-7-5-6-8-14-26-22-41(26,39(49)51-40(2,3)4)23-35(46)34-21-27(24-45(34)38(32)48)50-37-30-17-11-10-15-28(30)29-16-12-13-18-31(29)43-37;1-2-4-5-3-1;;;1-2;/h8-11,13-16,18,25-27,32,34,46H,5-7,12,17,19-23H2,1-4H3,(H,42,48);8,10-18,20,26-27,32,34H,5-7,9,19,21-24H2,1-4H3,(H,42,47);1-4H2;;;1-2H;1H2/q;;;;+1;;/p-1/b;14-8-;;;;;/t25-,26?,27-,32+,34+,41-;26-,27-,32+,34+,41-;;;;;/m11...../s1. The number of aliphatic hydroxyl groups excluding tert-OH is 1. The number of carbonyl (C=O) groups is 8. The Morgan fingerprint density at radius 2 is 0.957 bits per heavy atom. The first-order valence-corrected chi connectivity index (χ1v) is 39.4. The third-order valence-electron chi connectivity index (χ3n) is 22.1. The Labute approximate surface area is 693 Å². The molecule has 1 unspecified atom stereocenters.